The number of carbonyl (C=O) groups is 1. The Kier molecular flexibility index (Phi) is 5.34. The van der Waals surface area contributed by atoms with Gasteiger partial charge in [0.05, 0.1) is 13.2 Å². The summed E-state index contributed by atoms with van der Waals surface area (Å²) in [5, 5.41) is 2.63. The molecule has 5 nitrogen and oxygen atoms in total. The summed E-state index contributed by atoms with van der Waals surface area (Å²) < 4.78 is 10.8. The average molecular weight is 375 g/mol. The molecule has 0 saturated heterocycles. The van der Waals surface area contributed by atoms with E-state index in [1.165, 1.54) is 11.3 Å². The zero-order valence-corrected chi connectivity index (χ0v) is 16.9. The van der Waals surface area contributed by atoms with Gasteiger partial charge in [0.2, 0.25) is 0 Å². The molecule has 3 rings (SSSR count). The van der Waals surface area contributed by atoms with Gasteiger partial charge in [-0.1, -0.05) is 6.92 Å². The summed E-state index contributed by atoms with van der Waals surface area (Å²) in [6, 6.07) is 6.00. The van der Waals surface area contributed by atoms with Crippen molar-refractivity contribution in [3.8, 4) is 5.75 Å². The molecule has 1 aliphatic rings. The highest BCUT2D eigenvalue weighted by atomic mass is 32.1. The number of amides is 1. The van der Waals surface area contributed by atoms with Crippen LogP contribution in [0.25, 0.3) is 0 Å². The van der Waals surface area contributed by atoms with Crippen molar-refractivity contribution in [2.45, 2.75) is 52.2 Å². The van der Waals surface area contributed by atoms with Gasteiger partial charge in [-0.15, -0.1) is 11.3 Å². The Morgan fingerprint density at radius 3 is 2.88 bits per heavy atom. The molecule has 0 spiro atoms. The van der Waals surface area contributed by atoms with Gasteiger partial charge in [-0.2, -0.15) is 0 Å². The van der Waals surface area contributed by atoms with Gasteiger partial charge < -0.3 is 14.4 Å². The van der Waals surface area contributed by atoms with Crippen LogP contribution in [0.1, 0.15) is 61.1 Å². The molecule has 1 atom stereocenters. The Morgan fingerprint density at radius 2 is 2.19 bits per heavy atom. The number of benzene rings is 1. The Bertz CT molecular complexity index is 800. The van der Waals surface area contributed by atoms with Crippen LogP contribution in [-0.2, 0) is 11.3 Å². The smallest absolute Gasteiger partial charge is 0.278 e. The molecule has 140 valence electrons. The first-order chi connectivity index (χ1) is 12.4. The van der Waals surface area contributed by atoms with Gasteiger partial charge in [-0.25, -0.2) is 4.98 Å². The monoisotopic (exact) mass is 374 g/mol. The third-order valence-corrected chi connectivity index (χ3v) is 5.56. The minimum absolute atomic E-state index is 0.0640. The topological polar surface area (TPSA) is 51.7 Å². The lowest BCUT2D eigenvalue weighted by atomic mass is 9.80. The molecule has 0 fully saturated rings. The van der Waals surface area contributed by atoms with Crippen molar-refractivity contribution >= 4 is 22.9 Å². The van der Waals surface area contributed by atoms with Crippen molar-refractivity contribution < 1.29 is 14.3 Å². The summed E-state index contributed by atoms with van der Waals surface area (Å²) in [6.07, 6.45) is 0.885. The van der Waals surface area contributed by atoms with Crippen LogP contribution in [0.3, 0.4) is 0 Å². The fraction of sp³-hybridized carbons (Fsp3) is 0.500. The molecule has 0 saturated carbocycles. The van der Waals surface area contributed by atoms with Gasteiger partial charge in [0.1, 0.15) is 16.5 Å². The van der Waals surface area contributed by atoms with Crippen LogP contribution in [0, 0.1) is 0 Å². The van der Waals surface area contributed by atoms with Gasteiger partial charge in [-0.3, -0.25) is 4.79 Å². The van der Waals surface area contributed by atoms with E-state index in [4.69, 9.17) is 9.47 Å². The number of methoxy groups -OCH3 is 1. The van der Waals surface area contributed by atoms with Crippen LogP contribution in [-0.4, -0.2) is 30.1 Å². The molecule has 0 aliphatic carbocycles. The summed E-state index contributed by atoms with van der Waals surface area (Å²) in [5.41, 5.74) is 2.28. The van der Waals surface area contributed by atoms with Crippen LogP contribution in [0.2, 0.25) is 0 Å². The van der Waals surface area contributed by atoms with Crippen LogP contribution in [0.15, 0.2) is 23.6 Å². The lowest BCUT2D eigenvalue weighted by Crippen LogP contribution is -2.51. The second-order valence-electron chi connectivity index (χ2n) is 7.27. The standard InChI is InChI=1S/C20H26N2O3S/c1-6-25-14-7-8-17-15(9-14)13(2)10-20(3,4)22(17)19(23)16-12-26-18(21-16)11-24-5/h7-9,12-13H,6,10-11H2,1-5H3/t13-/m0/s1. The van der Waals surface area contributed by atoms with Gasteiger partial charge in [0.15, 0.2) is 0 Å². The average Bonchev–Trinajstić information content (AvgIpc) is 3.04. The van der Waals surface area contributed by atoms with E-state index in [2.05, 4.69) is 31.8 Å². The molecule has 1 aromatic heterocycles. The van der Waals surface area contributed by atoms with Gasteiger partial charge >= 0.3 is 0 Å². The predicted octanol–water partition coefficient (Wildman–Crippen LogP) is 4.62. The summed E-state index contributed by atoms with van der Waals surface area (Å²) in [4.78, 5) is 19.7. The highest BCUT2D eigenvalue weighted by molar-refractivity contribution is 7.09. The Balaban J connectivity index is 2.01. The Morgan fingerprint density at radius 1 is 1.42 bits per heavy atom. The number of fused-ring (bicyclic) bond motifs is 1. The van der Waals surface area contributed by atoms with Crippen LogP contribution < -0.4 is 9.64 Å². The van der Waals surface area contributed by atoms with Gasteiger partial charge in [0.25, 0.3) is 5.91 Å². The predicted molar refractivity (Wildman–Crippen MR) is 104 cm³/mol. The molecule has 0 N–H and O–H groups in total. The Hall–Kier alpha value is -1.92. The molecular formula is C20H26N2O3S. The van der Waals surface area contributed by atoms with E-state index >= 15 is 0 Å². The number of thiazole rings is 1. The molecule has 1 aromatic carbocycles. The maximum Gasteiger partial charge on any atom is 0.278 e. The van der Waals surface area contributed by atoms with Crippen molar-refractivity contribution in [3.05, 3.63) is 39.8 Å². The summed E-state index contributed by atoms with van der Waals surface area (Å²) in [7, 11) is 1.63. The second-order valence-corrected chi connectivity index (χ2v) is 8.21. The molecule has 26 heavy (non-hydrogen) atoms. The highest BCUT2D eigenvalue weighted by Crippen LogP contribution is 2.45. The molecule has 0 bridgehead atoms. The molecule has 2 aromatic rings. The fourth-order valence-corrected chi connectivity index (χ4v) is 4.50. The van der Waals surface area contributed by atoms with Crippen molar-refractivity contribution in [2.75, 3.05) is 18.6 Å². The maximum atomic E-state index is 13.3. The largest absolute Gasteiger partial charge is 0.494 e. The fourth-order valence-electron chi connectivity index (χ4n) is 3.76. The maximum absolute atomic E-state index is 13.3. The third-order valence-electron chi connectivity index (χ3n) is 4.73. The number of ether oxygens (including phenoxy) is 2. The number of carbonyl (C=O) groups excluding carboxylic acids is 1. The van der Waals surface area contributed by atoms with E-state index in [9.17, 15) is 4.79 Å². The number of nitrogens with zero attached hydrogens (tertiary/aromatic N) is 2. The van der Waals surface area contributed by atoms with Crippen molar-refractivity contribution in [2.24, 2.45) is 0 Å². The molecule has 1 amide bonds. The highest BCUT2D eigenvalue weighted by Gasteiger charge is 2.41. The zero-order chi connectivity index (χ0) is 18.9. The molecule has 0 radical (unpaired) electrons. The minimum atomic E-state index is -0.290. The van der Waals surface area contributed by atoms with Crippen molar-refractivity contribution in [1.82, 2.24) is 4.98 Å². The first kappa shape index (κ1) is 18.9. The SMILES string of the molecule is CCOc1ccc2c(c1)[C@@H](C)CC(C)(C)N2C(=O)c1csc(COC)n1. The van der Waals surface area contributed by atoms with Gasteiger partial charge in [0, 0.05) is 23.7 Å². The van der Waals surface area contributed by atoms with E-state index in [1.807, 2.05) is 29.3 Å². The van der Waals surface area contributed by atoms with E-state index in [-0.39, 0.29) is 11.4 Å². The van der Waals surface area contributed by atoms with Crippen LogP contribution >= 0.6 is 11.3 Å². The van der Waals surface area contributed by atoms with E-state index in [0.717, 1.165) is 28.4 Å². The molecule has 1 aliphatic heterocycles. The lowest BCUT2D eigenvalue weighted by molar-refractivity contribution is 0.0949. The van der Waals surface area contributed by atoms with E-state index < -0.39 is 0 Å². The van der Waals surface area contributed by atoms with E-state index in [0.29, 0.717) is 24.8 Å². The Labute approximate surface area is 159 Å². The number of aromatic nitrogens is 1. The molecule has 2 heterocycles. The van der Waals surface area contributed by atoms with E-state index in [1.54, 1.807) is 7.11 Å². The number of hydrogen-bond donors (Lipinski definition) is 0. The number of anilines is 1. The normalized spacial score (nSPS) is 18.5. The summed E-state index contributed by atoms with van der Waals surface area (Å²) >= 11 is 1.45. The molecule has 0 unspecified atom stereocenters. The third kappa shape index (κ3) is 3.48. The summed E-state index contributed by atoms with van der Waals surface area (Å²) in [5.74, 6) is 1.14. The van der Waals surface area contributed by atoms with Gasteiger partial charge in [-0.05, 0) is 56.9 Å². The first-order valence-corrected chi connectivity index (χ1v) is 9.80. The summed E-state index contributed by atoms with van der Waals surface area (Å²) in [6.45, 7) is 9.46. The van der Waals surface area contributed by atoms with Crippen molar-refractivity contribution in [3.63, 3.8) is 0 Å². The van der Waals surface area contributed by atoms with Crippen LogP contribution in [0.4, 0.5) is 5.69 Å². The first-order valence-electron chi connectivity index (χ1n) is 8.92. The van der Waals surface area contributed by atoms with Crippen LogP contribution in [0.5, 0.6) is 5.75 Å². The second kappa shape index (κ2) is 7.37. The number of rotatable bonds is 5. The minimum Gasteiger partial charge on any atom is -0.494 e. The zero-order valence-electron chi connectivity index (χ0n) is 16.0. The molecule has 6 heteroatoms. The van der Waals surface area contributed by atoms with Crippen molar-refractivity contribution in [1.29, 1.82) is 0 Å². The quantitative estimate of drug-likeness (QED) is 0.766. The number of hydrogen-bond acceptors (Lipinski definition) is 5. The lowest BCUT2D eigenvalue weighted by Gasteiger charge is -2.45. The molecular weight excluding hydrogens is 348 g/mol.